The van der Waals surface area contributed by atoms with E-state index in [4.69, 9.17) is 0 Å². The number of ketones is 1. The molecule has 3 heteroatoms. The summed E-state index contributed by atoms with van der Waals surface area (Å²) in [6.45, 7) is 5.93. The van der Waals surface area contributed by atoms with Crippen molar-refractivity contribution in [3.8, 4) is 0 Å². The molecule has 1 aliphatic heterocycles. The summed E-state index contributed by atoms with van der Waals surface area (Å²) in [6, 6.07) is 5.38. The van der Waals surface area contributed by atoms with Crippen molar-refractivity contribution in [3.05, 3.63) is 29.3 Å². The van der Waals surface area contributed by atoms with Gasteiger partial charge in [-0.3, -0.25) is 9.59 Å². The molecule has 15 heavy (non-hydrogen) atoms. The average Bonchev–Trinajstić information content (AvgIpc) is 2.47. The van der Waals surface area contributed by atoms with E-state index >= 15 is 0 Å². The second-order valence-corrected chi connectivity index (χ2v) is 3.21. The standard InChI is InChI=1S/C10H9NO2.C2H6/c1-6-3-4-7-8(5-6)11(2)10(13)9(7)12;1-2/h3-5H,1-2H3;1-2H3. The maximum absolute atomic E-state index is 11.3. The van der Waals surface area contributed by atoms with E-state index in [1.807, 2.05) is 32.9 Å². The Morgan fingerprint density at radius 1 is 1.13 bits per heavy atom. The Balaban J connectivity index is 0.000000531. The quantitative estimate of drug-likeness (QED) is 0.609. The highest BCUT2D eigenvalue weighted by molar-refractivity contribution is 6.52. The first-order chi connectivity index (χ1) is 7.11. The summed E-state index contributed by atoms with van der Waals surface area (Å²) in [7, 11) is 1.62. The minimum absolute atomic E-state index is 0.405. The molecule has 1 amide bonds. The van der Waals surface area contributed by atoms with E-state index in [9.17, 15) is 9.59 Å². The summed E-state index contributed by atoms with van der Waals surface area (Å²) < 4.78 is 0. The van der Waals surface area contributed by atoms with Gasteiger partial charge in [-0.15, -0.1) is 0 Å². The summed E-state index contributed by atoms with van der Waals surface area (Å²) in [5, 5.41) is 0. The highest BCUT2D eigenvalue weighted by Crippen LogP contribution is 2.28. The number of Topliss-reactive ketones (excluding diaryl/α,β-unsaturated/α-hetero) is 1. The van der Waals surface area contributed by atoms with Crippen molar-refractivity contribution in [2.24, 2.45) is 0 Å². The lowest BCUT2D eigenvalue weighted by atomic mass is 10.1. The molecule has 0 unspecified atom stereocenters. The van der Waals surface area contributed by atoms with Crippen LogP contribution in [0.4, 0.5) is 5.69 Å². The number of rotatable bonds is 0. The van der Waals surface area contributed by atoms with Gasteiger partial charge in [0, 0.05) is 7.05 Å². The topological polar surface area (TPSA) is 37.4 Å². The first kappa shape index (κ1) is 11.4. The Kier molecular flexibility index (Phi) is 3.24. The Morgan fingerprint density at radius 2 is 1.73 bits per heavy atom. The van der Waals surface area contributed by atoms with Crippen LogP contribution in [-0.4, -0.2) is 18.7 Å². The predicted molar refractivity (Wildman–Crippen MR) is 60.3 cm³/mol. The average molecular weight is 205 g/mol. The lowest BCUT2D eigenvalue weighted by molar-refractivity contribution is -0.114. The first-order valence-electron chi connectivity index (χ1n) is 5.04. The minimum atomic E-state index is -0.444. The van der Waals surface area contributed by atoms with Crippen molar-refractivity contribution in [2.75, 3.05) is 11.9 Å². The van der Waals surface area contributed by atoms with Gasteiger partial charge in [-0.05, 0) is 24.6 Å². The number of carbonyl (C=O) groups excluding carboxylic acids is 2. The van der Waals surface area contributed by atoms with E-state index in [0.717, 1.165) is 11.3 Å². The predicted octanol–water partition coefficient (Wildman–Crippen LogP) is 2.18. The van der Waals surface area contributed by atoms with Crippen LogP contribution in [0.2, 0.25) is 0 Å². The monoisotopic (exact) mass is 205 g/mol. The maximum atomic E-state index is 11.3. The zero-order chi connectivity index (χ0) is 11.6. The molecule has 0 spiro atoms. The van der Waals surface area contributed by atoms with Gasteiger partial charge >= 0.3 is 0 Å². The number of amides is 1. The first-order valence-corrected chi connectivity index (χ1v) is 5.04. The number of hydrogen-bond donors (Lipinski definition) is 0. The zero-order valence-corrected chi connectivity index (χ0v) is 9.50. The molecule has 0 fully saturated rings. The third-order valence-corrected chi connectivity index (χ3v) is 2.26. The fourth-order valence-electron chi connectivity index (χ4n) is 1.49. The van der Waals surface area contributed by atoms with Gasteiger partial charge in [0.1, 0.15) is 0 Å². The molecule has 0 bridgehead atoms. The van der Waals surface area contributed by atoms with Gasteiger partial charge < -0.3 is 4.90 Å². The van der Waals surface area contributed by atoms with Gasteiger partial charge in [-0.2, -0.15) is 0 Å². The second kappa shape index (κ2) is 4.26. The molecule has 0 aromatic heterocycles. The number of fused-ring (bicyclic) bond motifs is 1. The largest absolute Gasteiger partial charge is 0.308 e. The Bertz CT molecular complexity index is 410. The van der Waals surface area contributed by atoms with Crippen molar-refractivity contribution in [2.45, 2.75) is 20.8 Å². The number of hydrogen-bond acceptors (Lipinski definition) is 2. The van der Waals surface area contributed by atoms with Gasteiger partial charge in [-0.1, -0.05) is 19.9 Å². The summed E-state index contributed by atoms with van der Waals surface area (Å²) >= 11 is 0. The van der Waals surface area contributed by atoms with Crippen molar-refractivity contribution < 1.29 is 9.59 Å². The molecule has 0 saturated heterocycles. The molecule has 80 valence electrons. The van der Waals surface area contributed by atoms with Crippen LogP contribution < -0.4 is 4.90 Å². The second-order valence-electron chi connectivity index (χ2n) is 3.21. The van der Waals surface area contributed by atoms with E-state index in [1.54, 1.807) is 13.1 Å². The molecule has 0 radical (unpaired) electrons. The van der Waals surface area contributed by atoms with E-state index in [0.29, 0.717) is 5.56 Å². The zero-order valence-electron chi connectivity index (χ0n) is 9.50. The number of carbonyl (C=O) groups is 2. The van der Waals surface area contributed by atoms with Crippen LogP contribution in [0.5, 0.6) is 0 Å². The van der Waals surface area contributed by atoms with E-state index in [2.05, 4.69) is 0 Å². The molecule has 1 aliphatic rings. The number of aryl methyl sites for hydroxylation is 1. The summed E-state index contributed by atoms with van der Waals surface area (Å²) in [5.41, 5.74) is 2.28. The number of anilines is 1. The molecule has 0 N–H and O–H groups in total. The summed E-state index contributed by atoms with van der Waals surface area (Å²) in [4.78, 5) is 24.0. The van der Waals surface area contributed by atoms with Crippen LogP contribution in [0, 0.1) is 6.92 Å². The van der Waals surface area contributed by atoms with Crippen LogP contribution in [0.25, 0.3) is 0 Å². The smallest absolute Gasteiger partial charge is 0.299 e. The fraction of sp³-hybridized carbons (Fsp3) is 0.333. The van der Waals surface area contributed by atoms with Gasteiger partial charge in [-0.25, -0.2) is 0 Å². The highest BCUT2D eigenvalue weighted by atomic mass is 16.2. The molecule has 0 atom stereocenters. The SMILES string of the molecule is CC.Cc1ccc2c(c1)N(C)C(=O)C2=O. The van der Waals surface area contributed by atoms with E-state index in [-0.39, 0.29) is 0 Å². The van der Waals surface area contributed by atoms with Crippen molar-refractivity contribution in [3.63, 3.8) is 0 Å². The van der Waals surface area contributed by atoms with Crippen LogP contribution in [0.15, 0.2) is 18.2 Å². The van der Waals surface area contributed by atoms with Gasteiger partial charge in [0.15, 0.2) is 0 Å². The lowest BCUT2D eigenvalue weighted by Gasteiger charge is -2.08. The van der Waals surface area contributed by atoms with Gasteiger partial charge in [0.05, 0.1) is 11.3 Å². The highest BCUT2D eigenvalue weighted by Gasteiger charge is 2.32. The molecule has 0 aliphatic carbocycles. The van der Waals surface area contributed by atoms with E-state index < -0.39 is 11.7 Å². The fourth-order valence-corrected chi connectivity index (χ4v) is 1.49. The number of benzene rings is 1. The van der Waals surface area contributed by atoms with Crippen LogP contribution in [-0.2, 0) is 4.79 Å². The molecule has 1 heterocycles. The molecule has 1 aromatic rings. The Labute approximate surface area is 89.7 Å². The minimum Gasteiger partial charge on any atom is -0.308 e. The normalized spacial score (nSPS) is 13.5. The Hall–Kier alpha value is -1.64. The third-order valence-electron chi connectivity index (χ3n) is 2.26. The third kappa shape index (κ3) is 1.77. The summed E-state index contributed by atoms with van der Waals surface area (Å²) in [5.74, 6) is -0.849. The Morgan fingerprint density at radius 3 is 2.33 bits per heavy atom. The van der Waals surface area contributed by atoms with Crippen LogP contribution >= 0.6 is 0 Å². The maximum Gasteiger partial charge on any atom is 0.299 e. The van der Waals surface area contributed by atoms with Gasteiger partial charge in [0.25, 0.3) is 11.7 Å². The van der Waals surface area contributed by atoms with Crippen LogP contribution in [0.1, 0.15) is 29.8 Å². The molecule has 0 saturated carbocycles. The molecule has 3 nitrogen and oxygen atoms in total. The van der Waals surface area contributed by atoms with Crippen molar-refractivity contribution in [1.82, 2.24) is 0 Å². The van der Waals surface area contributed by atoms with E-state index in [1.165, 1.54) is 4.90 Å². The molecular weight excluding hydrogens is 190 g/mol. The number of likely N-dealkylation sites (N-methyl/N-ethyl adjacent to an activating group) is 1. The van der Waals surface area contributed by atoms with Crippen LogP contribution in [0.3, 0.4) is 0 Å². The summed E-state index contributed by atoms with van der Waals surface area (Å²) in [6.07, 6.45) is 0. The molecule has 1 aromatic carbocycles. The number of nitrogens with zero attached hydrogens (tertiary/aromatic N) is 1. The van der Waals surface area contributed by atoms with Gasteiger partial charge in [0.2, 0.25) is 0 Å². The molecular formula is C12H15NO2. The molecule has 2 rings (SSSR count). The van der Waals surface area contributed by atoms with Crippen molar-refractivity contribution >= 4 is 17.4 Å². The van der Waals surface area contributed by atoms with Crippen molar-refractivity contribution in [1.29, 1.82) is 0 Å². The lowest BCUT2D eigenvalue weighted by Crippen LogP contribution is -2.24.